The van der Waals surface area contributed by atoms with E-state index in [1.807, 2.05) is 31.2 Å². The predicted molar refractivity (Wildman–Crippen MR) is 77.9 cm³/mol. The van der Waals surface area contributed by atoms with Gasteiger partial charge in [0.05, 0.1) is 5.56 Å². The molecule has 0 spiro atoms. The quantitative estimate of drug-likeness (QED) is 0.392. The van der Waals surface area contributed by atoms with Gasteiger partial charge in [0.15, 0.2) is 5.84 Å². The van der Waals surface area contributed by atoms with Crippen molar-refractivity contribution in [3.05, 3.63) is 58.1 Å². The number of nitrogens with zero attached hydrogens (tertiary/aromatic N) is 1. The van der Waals surface area contributed by atoms with E-state index in [4.69, 9.17) is 15.7 Å². The molecular formula is C14H13BrN2O2. The molecule has 0 aliphatic heterocycles. The molecule has 5 heteroatoms. The Morgan fingerprint density at radius 1 is 1.21 bits per heavy atom. The number of halogens is 1. The lowest BCUT2D eigenvalue weighted by atomic mass is 10.2. The predicted octanol–water partition coefficient (Wildman–Crippen LogP) is 3.64. The highest BCUT2D eigenvalue weighted by Gasteiger charge is 2.09. The van der Waals surface area contributed by atoms with Crippen molar-refractivity contribution in [2.45, 2.75) is 6.92 Å². The maximum absolute atomic E-state index is 8.77. The normalized spacial score (nSPS) is 11.4. The fraction of sp³-hybridized carbons (Fsp3) is 0.0714. The molecule has 0 saturated carbocycles. The molecule has 0 aromatic heterocycles. The number of aryl methyl sites for hydroxylation is 1. The van der Waals surface area contributed by atoms with Gasteiger partial charge in [-0.15, -0.1) is 0 Å². The van der Waals surface area contributed by atoms with Crippen LogP contribution in [0.2, 0.25) is 0 Å². The molecule has 3 N–H and O–H groups in total. The molecule has 0 saturated heterocycles. The summed E-state index contributed by atoms with van der Waals surface area (Å²) in [7, 11) is 0. The van der Waals surface area contributed by atoms with Crippen LogP contribution < -0.4 is 10.5 Å². The Bertz CT molecular complexity index is 627. The van der Waals surface area contributed by atoms with Gasteiger partial charge in [-0.2, -0.15) is 0 Å². The van der Waals surface area contributed by atoms with Crippen LogP contribution in [0.15, 0.2) is 52.1 Å². The van der Waals surface area contributed by atoms with E-state index >= 15 is 0 Å². The van der Waals surface area contributed by atoms with Crippen LogP contribution in [0.3, 0.4) is 0 Å². The van der Waals surface area contributed by atoms with Gasteiger partial charge in [0.1, 0.15) is 11.5 Å². The minimum Gasteiger partial charge on any atom is -0.456 e. The molecule has 0 fully saturated rings. The second-order valence-electron chi connectivity index (χ2n) is 3.99. The molecule has 2 rings (SSSR count). The van der Waals surface area contributed by atoms with Crippen molar-refractivity contribution in [2.75, 3.05) is 0 Å². The fourth-order valence-electron chi connectivity index (χ4n) is 1.67. The number of amidine groups is 1. The van der Waals surface area contributed by atoms with E-state index in [0.29, 0.717) is 11.3 Å². The number of oxime groups is 1. The van der Waals surface area contributed by atoms with Crippen LogP contribution in [0.25, 0.3) is 0 Å². The summed E-state index contributed by atoms with van der Waals surface area (Å²) in [6.45, 7) is 1.95. The molecule has 4 nitrogen and oxygen atoms in total. The van der Waals surface area contributed by atoms with Crippen molar-refractivity contribution in [3.8, 4) is 11.5 Å². The van der Waals surface area contributed by atoms with Crippen molar-refractivity contribution in [1.29, 1.82) is 0 Å². The second kappa shape index (κ2) is 5.75. The van der Waals surface area contributed by atoms with E-state index in [1.54, 1.807) is 18.2 Å². The van der Waals surface area contributed by atoms with Crippen molar-refractivity contribution in [2.24, 2.45) is 10.9 Å². The van der Waals surface area contributed by atoms with Gasteiger partial charge in [0.2, 0.25) is 0 Å². The number of para-hydroxylation sites is 1. The third-order valence-electron chi connectivity index (χ3n) is 2.63. The zero-order valence-electron chi connectivity index (χ0n) is 10.3. The van der Waals surface area contributed by atoms with Crippen LogP contribution in [0.1, 0.15) is 11.1 Å². The summed E-state index contributed by atoms with van der Waals surface area (Å²) in [4.78, 5) is 0. The van der Waals surface area contributed by atoms with Crippen molar-refractivity contribution < 1.29 is 9.94 Å². The highest BCUT2D eigenvalue weighted by atomic mass is 79.9. The first-order valence-corrected chi connectivity index (χ1v) is 6.42. The Kier molecular flexibility index (Phi) is 4.06. The Labute approximate surface area is 119 Å². The molecular weight excluding hydrogens is 308 g/mol. The van der Waals surface area contributed by atoms with Gasteiger partial charge in [0.25, 0.3) is 0 Å². The van der Waals surface area contributed by atoms with Crippen molar-refractivity contribution in [3.63, 3.8) is 0 Å². The number of hydrogen-bond donors (Lipinski definition) is 2. The molecule has 0 amide bonds. The molecule has 19 heavy (non-hydrogen) atoms. The first-order valence-electron chi connectivity index (χ1n) is 5.62. The molecule has 0 atom stereocenters. The number of rotatable bonds is 3. The summed E-state index contributed by atoms with van der Waals surface area (Å²) in [6, 6.07) is 12.9. The third kappa shape index (κ3) is 3.06. The number of ether oxygens (including phenoxy) is 1. The second-order valence-corrected chi connectivity index (χ2v) is 4.91. The van der Waals surface area contributed by atoms with Gasteiger partial charge in [-0.25, -0.2) is 0 Å². The minimum absolute atomic E-state index is 0.0189. The van der Waals surface area contributed by atoms with Gasteiger partial charge in [-0.05, 0) is 42.8 Å². The van der Waals surface area contributed by atoms with E-state index in [2.05, 4.69) is 21.1 Å². The van der Waals surface area contributed by atoms with Gasteiger partial charge in [-0.1, -0.05) is 33.2 Å². The third-order valence-corrected chi connectivity index (χ3v) is 3.12. The molecule has 0 radical (unpaired) electrons. The lowest BCUT2D eigenvalue weighted by molar-refractivity contribution is 0.318. The van der Waals surface area contributed by atoms with Crippen molar-refractivity contribution in [1.82, 2.24) is 0 Å². The van der Waals surface area contributed by atoms with Crippen LogP contribution in [-0.4, -0.2) is 11.0 Å². The van der Waals surface area contributed by atoms with Crippen LogP contribution in [0, 0.1) is 6.92 Å². The molecule has 0 aliphatic rings. The number of hydrogen-bond acceptors (Lipinski definition) is 3. The summed E-state index contributed by atoms with van der Waals surface area (Å²) >= 11 is 3.40. The number of benzene rings is 2. The summed E-state index contributed by atoms with van der Waals surface area (Å²) in [5, 5.41) is 11.8. The van der Waals surface area contributed by atoms with Crippen LogP contribution in [-0.2, 0) is 0 Å². The van der Waals surface area contributed by atoms with Crippen LogP contribution in [0.5, 0.6) is 11.5 Å². The van der Waals surface area contributed by atoms with E-state index < -0.39 is 0 Å². The van der Waals surface area contributed by atoms with Crippen LogP contribution in [0.4, 0.5) is 0 Å². The molecule has 98 valence electrons. The highest BCUT2D eigenvalue weighted by molar-refractivity contribution is 9.10. The average Bonchev–Trinajstić information content (AvgIpc) is 2.41. The molecule has 0 unspecified atom stereocenters. The minimum atomic E-state index is 0.0189. The Balaban J connectivity index is 2.38. The Morgan fingerprint density at radius 3 is 2.63 bits per heavy atom. The average molecular weight is 321 g/mol. The zero-order chi connectivity index (χ0) is 13.8. The summed E-state index contributed by atoms with van der Waals surface area (Å²) < 4.78 is 6.81. The van der Waals surface area contributed by atoms with E-state index in [-0.39, 0.29) is 5.84 Å². The molecule has 0 heterocycles. The van der Waals surface area contributed by atoms with Gasteiger partial charge in [0, 0.05) is 4.47 Å². The first kappa shape index (κ1) is 13.4. The number of nitrogens with two attached hydrogens (primary N) is 1. The molecule has 2 aromatic carbocycles. The standard InChI is InChI=1S/C14H13BrN2O2/c1-9-8-10(15)6-7-12(9)19-13-5-3-2-4-11(13)14(16)17-18/h2-8,18H,1H3,(H2,16,17). The molecule has 0 bridgehead atoms. The first-order chi connectivity index (χ1) is 9.11. The van der Waals surface area contributed by atoms with E-state index in [9.17, 15) is 0 Å². The maximum Gasteiger partial charge on any atom is 0.173 e. The fourth-order valence-corrected chi connectivity index (χ4v) is 2.14. The Morgan fingerprint density at radius 2 is 1.95 bits per heavy atom. The maximum atomic E-state index is 8.77. The molecule has 0 aliphatic carbocycles. The summed E-state index contributed by atoms with van der Waals surface area (Å²) in [5.41, 5.74) is 7.16. The topological polar surface area (TPSA) is 67.8 Å². The van der Waals surface area contributed by atoms with Crippen LogP contribution >= 0.6 is 15.9 Å². The van der Waals surface area contributed by atoms with Gasteiger partial charge >= 0.3 is 0 Å². The smallest absolute Gasteiger partial charge is 0.173 e. The monoisotopic (exact) mass is 320 g/mol. The van der Waals surface area contributed by atoms with E-state index in [0.717, 1.165) is 15.8 Å². The largest absolute Gasteiger partial charge is 0.456 e. The van der Waals surface area contributed by atoms with Crippen molar-refractivity contribution >= 4 is 21.8 Å². The highest BCUT2D eigenvalue weighted by Crippen LogP contribution is 2.29. The summed E-state index contributed by atoms with van der Waals surface area (Å²) in [6.07, 6.45) is 0. The van der Waals surface area contributed by atoms with Gasteiger partial charge in [-0.3, -0.25) is 0 Å². The van der Waals surface area contributed by atoms with Gasteiger partial charge < -0.3 is 15.7 Å². The lowest BCUT2D eigenvalue weighted by Crippen LogP contribution is -2.14. The van der Waals surface area contributed by atoms with E-state index in [1.165, 1.54) is 0 Å². The zero-order valence-corrected chi connectivity index (χ0v) is 11.9. The molecule has 2 aromatic rings. The SMILES string of the molecule is Cc1cc(Br)ccc1Oc1ccccc1C(N)=NO. The Hall–Kier alpha value is -2.01. The summed E-state index contributed by atoms with van der Waals surface area (Å²) in [5.74, 6) is 1.29. The lowest BCUT2D eigenvalue weighted by Gasteiger charge is -2.12.